The van der Waals surface area contributed by atoms with Gasteiger partial charge < -0.3 is 54.7 Å². The van der Waals surface area contributed by atoms with E-state index in [1.165, 1.54) is 44.9 Å². The number of rotatable bonds is 17. The number of hydrogen-bond acceptors (Lipinski definition) is 12. The number of ether oxygens (including phenoxy) is 4. The quantitative estimate of drug-likeness (QED) is 0.0933. The van der Waals surface area contributed by atoms with Crippen LogP contribution in [-0.2, 0) is 23.7 Å². The number of esters is 1. The van der Waals surface area contributed by atoms with Gasteiger partial charge in [-0.15, -0.1) is 0 Å². The Labute approximate surface area is 224 Å². The lowest BCUT2D eigenvalue weighted by Crippen LogP contribution is -2.64. The number of carbonyl (C=O) groups is 1. The first-order chi connectivity index (χ1) is 18.2. The van der Waals surface area contributed by atoms with E-state index in [9.17, 15) is 40.5 Å². The molecule has 0 amide bonds. The SMILES string of the molecule is CCCCCCCCCCCCCC(=O)OC[C@H]1O[C@@H](O[C@H]2[C@H](O)[C@@H](O)[C@@H](O)O[C@@H]2CO)[C@H](O)[C@@H](O)[C@H]1O. The van der Waals surface area contributed by atoms with Crippen LogP contribution in [0.4, 0.5) is 0 Å². The van der Waals surface area contributed by atoms with Crippen LogP contribution in [0.3, 0.4) is 0 Å². The molecule has 0 aliphatic carbocycles. The van der Waals surface area contributed by atoms with Crippen molar-refractivity contribution in [1.29, 1.82) is 0 Å². The molecule has 0 aromatic carbocycles. The first-order valence-corrected chi connectivity index (χ1v) is 14.0. The van der Waals surface area contributed by atoms with Crippen molar-refractivity contribution in [3.05, 3.63) is 0 Å². The maximum absolute atomic E-state index is 12.2. The molecule has 2 aliphatic heterocycles. The third kappa shape index (κ3) is 10.2. The Balaban J connectivity index is 1.71. The molecule has 2 rings (SSSR count). The van der Waals surface area contributed by atoms with Gasteiger partial charge in [0.25, 0.3) is 0 Å². The Morgan fingerprint density at radius 1 is 0.684 bits per heavy atom. The zero-order valence-corrected chi connectivity index (χ0v) is 22.3. The van der Waals surface area contributed by atoms with Crippen LogP contribution in [-0.4, -0.2) is 116 Å². The molecule has 0 spiro atoms. The average Bonchev–Trinajstić information content (AvgIpc) is 2.91. The van der Waals surface area contributed by atoms with Crippen LogP contribution < -0.4 is 0 Å². The van der Waals surface area contributed by atoms with E-state index in [0.29, 0.717) is 6.42 Å². The van der Waals surface area contributed by atoms with Crippen molar-refractivity contribution >= 4 is 5.97 Å². The highest BCUT2D eigenvalue weighted by molar-refractivity contribution is 5.69. The number of unbranched alkanes of at least 4 members (excludes halogenated alkanes) is 10. The van der Waals surface area contributed by atoms with Crippen LogP contribution in [0.2, 0.25) is 0 Å². The number of hydrogen-bond donors (Lipinski definition) is 7. The van der Waals surface area contributed by atoms with Gasteiger partial charge in [-0.2, -0.15) is 0 Å². The Morgan fingerprint density at radius 2 is 1.26 bits per heavy atom. The van der Waals surface area contributed by atoms with Crippen molar-refractivity contribution in [2.24, 2.45) is 0 Å². The van der Waals surface area contributed by atoms with Crippen molar-refractivity contribution in [3.8, 4) is 0 Å². The summed E-state index contributed by atoms with van der Waals surface area (Å²) in [7, 11) is 0. The van der Waals surface area contributed by atoms with Crippen LogP contribution in [0.1, 0.15) is 84.0 Å². The highest BCUT2D eigenvalue weighted by Gasteiger charge is 2.50. The lowest BCUT2D eigenvalue weighted by Gasteiger charge is -2.45. The molecular weight excluding hydrogens is 504 g/mol. The second-order valence-corrected chi connectivity index (χ2v) is 10.3. The van der Waals surface area contributed by atoms with Crippen LogP contribution in [0, 0.1) is 0 Å². The first-order valence-electron chi connectivity index (χ1n) is 14.0. The summed E-state index contributed by atoms with van der Waals surface area (Å²) in [4.78, 5) is 12.2. The predicted octanol–water partition coefficient (Wildman–Crippen LogP) is -0.145. The number of aliphatic hydroxyl groups excluding tert-OH is 7. The standard InChI is InChI=1S/C26H48O12/c1-2-3-4-5-6-7-8-9-10-11-12-13-18(28)35-15-17-19(29)20(30)23(33)26(37-17)38-24-16(14-27)36-25(34)22(32)21(24)31/h16-17,19-27,29-34H,2-15H2,1H3/t16-,17-,19+,20+,21-,22-,23-,24-,25+,26+/m1/s1. The van der Waals surface area contributed by atoms with E-state index in [1.54, 1.807) is 0 Å². The predicted molar refractivity (Wildman–Crippen MR) is 134 cm³/mol. The van der Waals surface area contributed by atoms with Gasteiger partial charge in [0.15, 0.2) is 12.6 Å². The molecule has 0 aromatic heterocycles. The molecule has 0 radical (unpaired) electrons. The molecule has 2 fully saturated rings. The summed E-state index contributed by atoms with van der Waals surface area (Å²) in [6, 6.07) is 0. The minimum Gasteiger partial charge on any atom is -0.463 e. The van der Waals surface area contributed by atoms with Crippen LogP contribution in [0.25, 0.3) is 0 Å². The normalized spacial score (nSPS) is 35.8. The summed E-state index contributed by atoms with van der Waals surface area (Å²) >= 11 is 0. The molecule has 10 atom stereocenters. The highest BCUT2D eigenvalue weighted by Crippen LogP contribution is 2.29. The van der Waals surface area contributed by atoms with Gasteiger partial charge in [-0.3, -0.25) is 4.79 Å². The van der Waals surface area contributed by atoms with Crippen LogP contribution >= 0.6 is 0 Å². The van der Waals surface area contributed by atoms with Gasteiger partial charge in [-0.1, -0.05) is 71.1 Å². The summed E-state index contributed by atoms with van der Waals surface area (Å²) in [5, 5.41) is 70.0. The van der Waals surface area contributed by atoms with Gasteiger partial charge in [-0.25, -0.2) is 0 Å². The van der Waals surface area contributed by atoms with Crippen LogP contribution in [0.15, 0.2) is 0 Å². The van der Waals surface area contributed by atoms with Crippen molar-refractivity contribution in [2.45, 2.75) is 145 Å². The van der Waals surface area contributed by atoms with Crippen LogP contribution in [0.5, 0.6) is 0 Å². The molecule has 7 N–H and O–H groups in total. The molecule has 0 unspecified atom stereocenters. The largest absolute Gasteiger partial charge is 0.463 e. The molecule has 2 saturated heterocycles. The summed E-state index contributed by atoms with van der Waals surface area (Å²) in [6.45, 7) is 1.11. The molecule has 38 heavy (non-hydrogen) atoms. The van der Waals surface area contributed by atoms with E-state index in [2.05, 4.69) is 6.92 Å². The average molecular weight is 553 g/mol. The lowest BCUT2D eigenvalue weighted by molar-refractivity contribution is -0.355. The lowest BCUT2D eigenvalue weighted by atomic mass is 9.97. The summed E-state index contributed by atoms with van der Waals surface area (Å²) in [5.41, 5.74) is 0. The summed E-state index contributed by atoms with van der Waals surface area (Å²) in [5.74, 6) is -0.483. The number of aliphatic hydroxyl groups is 7. The zero-order valence-electron chi connectivity index (χ0n) is 22.3. The summed E-state index contributed by atoms with van der Waals surface area (Å²) in [6.07, 6.45) is -3.02. The van der Waals surface area contributed by atoms with E-state index in [0.717, 1.165) is 19.3 Å². The molecule has 0 aromatic rings. The van der Waals surface area contributed by atoms with E-state index in [-0.39, 0.29) is 6.42 Å². The van der Waals surface area contributed by atoms with E-state index in [1.807, 2.05) is 0 Å². The maximum atomic E-state index is 12.2. The van der Waals surface area contributed by atoms with Crippen molar-refractivity contribution < 1.29 is 59.5 Å². The summed E-state index contributed by atoms with van der Waals surface area (Å²) < 4.78 is 21.2. The molecular formula is C26H48O12. The molecule has 12 heteroatoms. The third-order valence-corrected chi connectivity index (χ3v) is 7.19. The Morgan fingerprint density at radius 3 is 1.84 bits per heavy atom. The Hall–Kier alpha value is -0.930. The highest BCUT2D eigenvalue weighted by atomic mass is 16.7. The fourth-order valence-electron chi connectivity index (χ4n) is 4.74. The molecule has 0 saturated carbocycles. The monoisotopic (exact) mass is 552 g/mol. The van der Waals surface area contributed by atoms with Gasteiger partial charge in [-0.05, 0) is 6.42 Å². The van der Waals surface area contributed by atoms with E-state index >= 15 is 0 Å². The maximum Gasteiger partial charge on any atom is 0.305 e. The molecule has 2 heterocycles. The van der Waals surface area contributed by atoms with E-state index in [4.69, 9.17) is 18.9 Å². The third-order valence-electron chi connectivity index (χ3n) is 7.19. The van der Waals surface area contributed by atoms with Gasteiger partial charge in [0.2, 0.25) is 0 Å². The van der Waals surface area contributed by atoms with Gasteiger partial charge in [0, 0.05) is 6.42 Å². The topological polar surface area (TPSA) is 196 Å². The Kier molecular flexibility index (Phi) is 15.5. The molecule has 0 bridgehead atoms. The fourth-order valence-corrected chi connectivity index (χ4v) is 4.74. The smallest absolute Gasteiger partial charge is 0.305 e. The number of carbonyl (C=O) groups excluding carboxylic acids is 1. The van der Waals surface area contributed by atoms with Crippen molar-refractivity contribution in [1.82, 2.24) is 0 Å². The van der Waals surface area contributed by atoms with Crippen molar-refractivity contribution in [3.63, 3.8) is 0 Å². The van der Waals surface area contributed by atoms with E-state index < -0.39 is 80.6 Å². The second-order valence-electron chi connectivity index (χ2n) is 10.3. The van der Waals surface area contributed by atoms with Crippen molar-refractivity contribution in [2.75, 3.05) is 13.2 Å². The first kappa shape index (κ1) is 33.3. The fraction of sp³-hybridized carbons (Fsp3) is 0.962. The van der Waals surface area contributed by atoms with Gasteiger partial charge >= 0.3 is 5.97 Å². The molecule has 12 nitrogen and oxygen atoms in total. The van der Waals surface area contributed by atoms with Gasteiger partial charge in [0.05, 0.1) is 6.61 Å². The van der Waals surface area contributed by atoms with Gasteiger partial charge in [0.1, 0.15) is 55.4 Å². The minimum atomic E-state index is -1.76. The Bertz CT molecular complexity index is 650. The second kappa shape index (κ2) is 17.7. The molecule has 2 aliphatic rings. The zero-order chi connectivity index (χ0) is 28.1. The minimum absolute atomic E-state index is 0.203. The molecule has 224 valence electrons.